The van der Waals surface area contributed by atoms with E-state index in [0.717, 1.165) is 10.0 Å². The number of hydrogen-bond acceptors (Lipinski definition) is 2. The van der Waals surface area contributed by atoms with Gasteiger partial charge in [0.05, 0.1) is 12.1 Å². The predicted octanol–water partition coefficient (Wildman–Crippen LogP) is 2.50. The third-order valence-corrected chi connectivity index (χ3v) is 2.47. The minimum absolute atomic E-state index is 0.487. The normalized spacial score (nSPS) is 12.2. The third kappa shape index (κ3) is 3.00. The minimum Gasteiger partial charge on any atom is -0.316 e. The van der Waals surface area contributed by atoms with Gasteiger partial charge in [-0.3, -0.25) is 0 Å². The smallest absolute Gasteiger partial charge is 0.0969 e. The number of benzene rings is 1. The standard InChI is InChI=1S/C9H8BrClN2/c10-7-2-1-6(9(11)4-7)3-8(13)5-12/h1-2,4,8H,3,13H2. The first-order valence-corrected chi connectivity index (χ1v) is 4.89. The quantitative estimate of drug-likeness (QED) is 0.887. The van der Waals surface area contributed by atoms with Crippen LogP contribution in [0.15, 0.2) is 22.7 Å². The Morgan fingerprint density at radius 2 is 2.31 bits per heavy atom. The van der Waals surface area contributed by atoms with Crippen molar-refractivity contribution in [2.24, 2.45) is 5.73 Å². The second kappa shape index (κ2) is 4.61. The van der Waals surface area contributed by atoms with Crippen molar-refractivity contribution in [1.29, 1.82) is 5.26 Å². The van der Waals surface area contributed by atoms with Gasteiger partial charge >= 0.3 is 0 Å². The highest BCUT2D eigenvalue weighted by Crippen LogP contribution is 2.22. The van der Waals surface area contributed by atoms with E-state index in [1.54, 1.807) is 6.07 Å². The second-order valence-electron chi connectivity index (χ2n) is 2.68. The molecule has 0 fully saturated rings. The van der Waals surface area contributed by atoms with Crippen LogP contribution in [0.3, 0.4) is 0 Å². The molecule has 68 valence electrons. The Balaban J connectivity index is 2.85. The number of halogens is 2. The van der Waals surface area contributed by atoms with Crippen molar-refractivity contribution >= 4 is 27.5 Å². The van der Waals surface area contributed by atoms with Crippen LogP contribution in [0.25, 0.3) is 0 Å². The highest BCUT2D eigenvalue weighted by atomic mass is 79.9. The van der Waals surface area contributed by atoms with Gasteiger partial charge < -0.3 is 5.73 Å². The molecule has 0 saturated carbocycles. The molecule has 0 aliphatic carbocycles. The molecule has 4 heteroatoms. The van der Waals surface area contributed by atoms with Gasteiger partial charge in [0.2, 0.25) is 0 Å². The van der Waals surface area contributed by atoms with E-state index in [1.165, 1.54) is 0 Å². The van der Waals surface area contributed by atoms with E-state index in [9.17, 15) is 0 Å². The highest BCUT2D eigenvalue weighted by molar-refractivity contribution is 9.10. The van der Waals surface area contributed by atoms with Gasteiger partial charge in [-0.25, -0.2) is 0 Å². The van der Waals surface area contributed by atoms with Gasteiger partial charge in [-0.2, -0.15) is 5.26 Å². The first-order valence-electron chi connectivity index (χ1n) is 3.72. The largest absolute Gasteiger partial charge is 0.316 e. The fourth-order valence-corrected chi connectivity index (χ4v) is 1.72. The van der Waals surface area contributed by atoms with Crippen LogP contribution in [0.5, 0.6) is 0 Å². The molecular formula is C9H8BrClN2. The predicted molar refractivity (Wildman–Crippen MR) is 56.4 cm³/mol. The van der Waals surface area contributed by atoms with E-state index < -0.39 is 6.04 Å². The molecule has 0 saturated heterocycles. The van der Waals surface area contributed by atoms with Crippen molar-refractivity contribution < 1.29 is 0 Å². The van der Waals surface area contributed by atoms with E-state index in [-0.39, 0.29) is 0 Å². The number of nitrogens with two attached hydrogens (primary N) is 1. The Bertz CT molecular complexity index is 346. The lowest BCUT2D eigenvalue weighted by atomic mass is 10.1. The van der Waals surface area contributed by atoms with Crippen molar-refractivity contribution in [2.75, 3.05) is 0 Å². The van der Waals surface area contributed by atoms with Crippen LogP contribution < -0.4 is 5.73 Å². The molecule has 1 rings (SSSR count). The monoisotopic (exact) mass is 258 g/mol. The van der Waals surface area contributed by atoms with Gasteiger partial charge in [0, 0.05) is 15.9 Å². The molecule has 0 bridgehead atoms. The van der Waals surface area contributed by atoms with E-state index in [2.05, 4.69) is 15.9 Å². The second-order valence-corrected chi connectivity index (χ2v) is 4.00. The number of nitriles is 1. The fourth-order valence-electron chi connectivity index (χ4n) is 0.970. The fraction of sp³-hybridized carbons (Fsp3) is 0.222. The van der Waals surface area contributed by atoms with Gasteiger partial charge in [-0.1, -0.05) is 33.6 Å². The summed E-state index contributed by atoms with van der Waals surface area (Å²) in [6.07, 6.45) is 0.489. The summed E-state index contributed by atoms with van der Waals surface area (Å²) in [7, 11) is 0. The van der Waals surface area contributed by atoms with Gasteiger partial charge in [0.25, 0.3) is 0 Å². The molecule has 0 amide bonds. The van der Waals surface area contributed by atoms with E-state index >= 15 is 0 Å². The lowest BCUT2D eigenvalue weighted by Gasteiger charge is -2.05. The van der Waals surface area contributed by atoms with E-state index in [4.69, 9.17) is 22.6 Å². The van der Waals surface area contributed by atoms with E-state index in [0.29, 0.717) is 11.4 Å². The first kappa shape index (κ1) is 10.5. The SMILES string of the molecule is N#CC(N)Cc1ccc(Br)cc1Cl. The Morgan fingerprint density at radius 3 is 2.85 bits per heavy atom. The molecule has 0 aromatic heterocycles. The average Bonchev–Trinajstić information content (AvgIpc) is 2.09. The number of hydrogen-bond donors (Lipinski definition) is 1. The van der Waals surface area contributed by atoms with Crippen molar-refractivity contribution in [2.45, 2.75) is 12.5 Å². The van der Waals surface area contributed by atoms with Crippen LogP contribution in [0, 0.1) is 11.3 Å². The van der Waals surface area contributed by atoms with Crippen LogP contribution >= 0.6 is 27.5 Å². The zero-order valence-electron chi connectivity index (χ0n) is 6.80. The lowest BCUT2D eigenvalue weighted by molar-refractivity contribution is 0.823. The highest BCUT2D eigenvalue weighted by Gasteiger charge is 2.05. The van der Waals surface area contributed by atoms with E-state index in [1.807, 2.05) is 18.2 Å². The zero-order valence-corrected chi connectivity index (χ0v) is 9.14. The van der Waals surface area contributed by atoms with Gasteiger partial charge in [-0.15, -0.1) is 0 Å². The number of nitrogens with zero attached hydrogens (tertiary/aromatic N) is 1. The van der Waals surface area contributed by atoms with Gasteiger partial charge in [0.1, 0.15) is 0 Å². The summed E-state index contributed by atoms with van der Waals surface area (Å²) >= 11 is 9.23. The molecule has 2 nitrogen and oxygen atoms in total. The summed E-state index contributed by atoms with van der Waals surface area (Å²) < 4.78 is 0.923. The number of rotatable bonds is 2. The molecule has 1 atom stereocenters. The minimum atomic E-state index is -0.487. The topological polar surface area (TPSA) is 49.8 Å². The molecule has 0 heterocycles. The third-order valence-electron chi connectivity index (χ3n) is 1.62. The van der Waals surface area contributed by atoms with Crippen LogP contribution in [0.2, 0.25) is 5.02 Å². The molecule has 1 aromatic carbocycles. The summed E-state index contributed by atoms with van der Waals surface area (Å²) in [5, 5.41) is 9.15. The molecule has 1 aromatic rings. The summed E-state index contributed by atoms with van der Waals surface area (Å²) in [6.45, 7) is 0. The van der Waals surface area contributed by atoms with Crippen LogP contribution in [-0.2, 0) is 6.42 Å². The molecule has 13 heavy (non-hydrogen) atoms. The maximum absolute atomic E-state index is 8.51. The van der Waals surface area contributed by atoms with Gasteiger partial charge in [0.15, 0.2) is 0 Å². The van der Waals surface area contributed by atoms with Crippen LogP contribution in [0.1, 0.15) is 5.56 Å². The summed E-state index contributed by atoms with van der Waals surface area (Å²) in [5.74, 6) is 0. The Hall–Kier alpha value is -0.560. The summed E-state index contributed by atoms with van der Waals surface area (Å²) in [5.41, 5.74) is 6.38. The summed E-state index contributed by atoms with van der Waals surface area (Å²) in [6, 6.07) is 7.01. The van der Waals surface area contributed by atoms with Crippen LogP contribution in [0.4, 0.5) is 0 Å². The molecule has 2 N–H and O–H groups in total. The van der Waals surface area contributed by atoms with Crippen molar-refractivity contribution in [1.82, 2.24) is 0 Å². The van der Waals surface area contributed by atoms with Crippen molar-refractivity contribution in [3.63, 3.8) is 0 Å². The Kier molecular flexibility index (Phi) is 3.73. The first-order chi connectivity index (χ1) is 6.13. The molecule has 0 aliphatic rings. The Morgan fingerprint density at radius 1 is 1.62 bits per heavy atom. The lowest BCUT2D eigenvalue weighted by Crippen LogP contribution is -2.20. The van der Waals surface area contributed by atoms with Crippen LogP contribution in [-0.4, -0.2) is 6.04 Å². The summed E-state index contributed by atoms with van der Waals surface area (Å²) in [4.78, 5) is 0. The maximum Gasteiger partial charge on any atom is 0.0969 e. The average molecular weight is 260 g/mol. The zero-order chi connectivity index (χ0) is 9.84. The molecular weight excluding hydrogens is 251 g/mol. The van der Waals surface area contributed by atoms with Crippen molar-refractivity contribution in [3.05, 3.63) is 33.3 Å². The molecule has 0 aliphatic heterocycles. The molecule has 0 spiro atoms. The van der Waals surface area contributed by atoms with Gasteiger partial charge in [-0.05, 0) is 17.7 Å². The molecule has 0 radical (unpaired) electrons. The Labute approximate surface area is 90.4 Å². The molecule has 1 unspecified atom stereocenters. The van der Waals surface area contributed by atoms with Crippen molar-refractivity contribution in [3.8, 4) is 6.07 Å². The maximum atomic E-state index is 8.51.